The maximum absolute atomic E-state index is 12.5. The van der Waals surface area contributed by atoms with E-state index in [4.69, 9.17) is 0 Å². The van der Waals surface area contributed by atoms with E-state index >= 15 is 0 Å². The largest absolute Gasteiger partial charge is 0.335 e. The van der Waals surface area contributed by atoms with Gasteiger partial charge in [-0.25, -0.2) is 4.68 Å². The minimum Gasteiger partial charge on any atom is -0.335 e. The fourth-order valence-electron chi connectivity index (χ4n) is 3.46. The van der Waals surface area contributed by atoms with Crippen molar-refractivity contribution in [3.63, 3.8) is 0 Å². The third-order valence-corrected chi connectivity index (χ3v) is 5.90. The molecule has 0 radical (unpaired) electrons. The van der Waals surface area contributed by atoms with E-state index in [9.17, 15) is 4.79 Å². The topological polar surface area (TPSA) is 108 Å². The first-order chi connectivity index (χ1) is 14.8. The molecule has 3 aromatic heterocycles. The lowest BCUT2D eigenvalue weighted by atomic mass is 10.2. The minimum atomic E-state index is 0.182. The normalized spacial score (nSPS) is 14.8. The van der Waals surface area contributed by atoms with Gasteiger partial charge in [0.2, 0.25) is 5.91 Å². The maximum atomic E-state index is 12.5. The van der Waals surface area contributed by atoms with E-state index in [1.165, 1.54) is 11.8 Å². The second-order valence-corrected chi connectivity index (χ2v) is 8.12. The van der Waals surface area contributed by atoms with Crippen LogP contribution < -0.4 is 0 Å². The predicted molar refractivity (Wildman–Crippen MR) is 111 cm³/mol. The molecule has 4 rings (SSSR count). The molecule has 0 unspecified atom stereocenters. The van der Waals surface area contributed by atoms with Crippen LogP contribution in [-0.4, -0.2) is 57.3 Å². The molecule has 1 amide bonds. The molecule has 0 bridgehead atoms. The van der Waals surface area contributed by atoms with Crippen molar-refractivity contribution < 1.29 is 4.79 Å². The summed E-state index contributed by atoms with van der Waals surface area (Å²) in [6.07, 6.45) is 8.14. The monoisotopic (exact) mass is 427 g/mol. The van der Waals surface area contributed by atoms with Gasteiger partial charge >= 0.3 is 0 Å². The Morgan fingerprint density at radius 2 is 2.07 bits per heavy atom. The summed E-state index contributed by atoms with van der Waals surface area (Å²) in [6.45, 7) is 4.07. The molecule has 0 spiro atoms. The van der Waals surface area contributed by atoms with Crippen molar-refractivity contribution in [2.75, 3.05) is 6.54 Å². The van der Waals surface area contributed by atoms with Crippen LogP contribution in [0.15, 0.2) is 29.7 Å². The molecule has 0 N–H and O–H groups in total. The summed E-state index contributed by atoms with van der Waals surface area (Å²) in [5.41, 5.74) is 0.871. The molecule has 1 fully saturated rings. The highest BCUT2D eigenvalue weighted by molar-refractivity contribution is 7.98. The lowest BCUT2D eigenvalue weighted by Crippen LogP contribution is -2.31. The number of hydrogen-bond donors (Lipinski definition) is 0. The number of rotatable bonds is 8. The van der Waals surface area contributed by atoms with E-state index in [2.05, 4.69) is 37.6 Å². The zero-order valence-electron chi connectivity index (χ0n) is 17.0. The summed E-state index contributed by atoms with van der Waals surface area (Å²) < 4.78 is 3.79. The quantitative estimate of drug-likeness (QED) is 0.504. The number of nitrogens with zero attached hydrogens (tertiary/aromatic N) is 9. The van der Waals surface area contributed by atoms with Crippen molar-refractivity contribution in [1.29, 1.82) is 0 Å². The highest BCUT2D eigenvalue weighted by Crippen LogP contribution is 2.25. The highest BCUT2D eigenvalue weighted by Gasteiger charge is 2.22. The van der Waals surface area contributed by atoms with Gasteiger partial charge in [0.1, 0.15) is 0 Å². The summed E-state index contributed by atoms with van der Waals surface area (Å²) in [4.78, 5) is 18.6. The van der Waals surface area contributed by atoms with Gasteiger partial charge in [0.25, 0.3) is 0 Å². The Balaban J connectivity index is 1.59. The second kappa shape index (κ2) is 9.79. The smallest absolute Gasteiger partial charge is 0.222 e. The van der Waals surface area contributed by atoms with Crippen molar-refractivity contribution in [3.8, 4) is 5.69 Å². The summed E-state index contributed by atoms with van der Waals surface area (Å²) in [7, 11) is 0. The average Bonchev–Trinajstić information content (AvgIpc) is 3.32. The fourth-order valence-corrected chi connectivity index (χ4v) is 4.36. The van der Waals surface area contributed by atoms with Gasteiger partial charge in [0, 0.05) is 25.7 Å². The molecule has 0 aromatic carbocycles. The number of likely N-dealkylation sites (tertiary alicyclic amines) is 1. The number of amides is 1. The SMILES string of the molecule is CCCn1nnnc1CSc1nnc(CN2CCCCCC2=O)n1-c1cccnc1. The van der Waals surface area contributed by atoms with Crippen LogP contribution >= 0.6 is 11.8 Å². The highest BCUT2D eigenvalue weighted by atomic mass is 32.2. The number of pyridine rings is 1. The molecule has 1 saturated heterocycles. The zero-order chi connectivity index (χ0) is 20.8. The average molecular weight is 428 g/mol. The van der Waals surface area contributed by atoms with Crippen LogP contribution in [0.4, 0.5) is 0 Å². The fraction of sp³-hybridized carbons (Fsp3) is 0.526. The van der Waals surface area contributed by atoms with Crippen LogP contribution in [0, 0.1) is 0 Å². The van der Waals surface area contributed by atoms with E-state index in [0.29, 0.717) is 18.7 Å². The zero-order valence-corrected chi connectivity index (χ0v) is 17.8. The van der Waals surface area contributed by atoms with Gasteiger partial charge in [0.15, 0.2) is 16.8 Å². The van der Waals surface area contributed by atoms with Gasteiger partial charge < -0.3 is 4.90 Å². The number of aryl methyl sites for hydroxylation is 1. The van der Waals surface area contributed by atoms with Crippen molar-refractivity contribution in [3.05, 3.63) is 36.2 Å². The Kier molecular flexibility index (Phi) is 6.67. The molecular weight excluding hydrogens is 402 g/mol. The first-order valence-electron chi connectivity index (χ1n) is 10.3. The van der Waals surface area contributed by atoms with Gasteiger partial charge in [-0.2, -0.15) is 0 Å². The van der Waals surface area contributed by atoms with E-state index < -0.39 is 0 Å². The number of carbonyl (C=O) groups excluding carboxylic acids is 1. The lowest BCUT2D eigenvalue weighted by Gasteiger charge is -2.20. The van der Waals surface area contributed by atoms with Gasteiger partial charge in [-0.05, 0) is 41.8 Å². The van der Waals surface area contributed by atoms with Crippen LogP contribution in [0.1, 0.15) is 50.7 Å². The third kappa shape index (κ3) is 4.66. The number of carbonyl (C=O) groups is 1. The summed E-state index contributed by atoms with van der Waals surface area (Å²) in [5.74, 6) is 2.29. The van der Waals surface area contributed by atoms with Gasteiger partial charge in [-0.15, -0.1) is 15.3 Å². The van der Waals surface area contributed by atoms with Crippen LogP contribution in [0.2, 0.25) is 0 Å². The molecule has 1 aliphatic rings. The Hall–Kier alpha value is -2.82. The maximum Gasteiger partial charge on any atom is 0.222 e. The summed E-state index contributed by atoms with van der Waals surface area (Å²) in [6, 6.07) is 3.85. The summed E-state index contributed by atoms with van der Waals surface area (Å²) >= 11 is 1.52. The Bertz CT molecular complexity index is 972. The Labute approximate surface area is 179 Å². The lowest BCUT2D eigenvalue weighted by molar-refractivity contribution is -0.131. The van der Waals surface area contributed by atoms with Gasteiger partial charge in [-0.1, -0.05) is 25.1 Å². The van der Waals surface area contributed by atoms with E-state index in [1.807, 2.05) is 26.3 Å². The minimum absolute atomic E-state index is 0.182. The molecular formula is C19H25N9OS. The van der Waals surface area contributed by atoms with E-state index in [-0.39, 0.29) is 5.91 Å². The molecule has 158 valence electrons. The van der Waals surface area contributed by atoms with Crippen molar-refractivity contribution >= 4 is 17.7 Å². The van der Waals surface area contributed by atoms with Gasteiger partial charge in [0.05, 0.1) is 24.2 Å². The van der Waals surface area contributed by atoms with Crippen LogP contribution in [0.25, 0.3) is 5.69 Å². The molecule has 10 nitrogen and oxygen atoms in total. The molecule has 0 atom stereocenters. The van der Waals surface area contributed by atoms with Crippen molar-refractivity contribution in [1.82, 2.24) is 44.9 Å². The first kappa shape index (κ1) is 20.5. The standard InChI is InChI=1S/C19H25N9OS/c1-2-10-27-17(22-24-25-27)14-30-19-23-21-16(28(19)15-7-6-9-20-12-15)13-26-11-5-3-4-8-18(26)29/h6-7,9,12H,2-5,8,10-11,13-14H2,1H3. The second-order valence-electron chi connectivity index (χ2n) is 7.18. The van der Waals surface area contributed by atoms with Gasteiger partial charge in [-0.3, -0.25) is 14.3 Å². The van der Waals surface area contributed by atoms with E-state index in [0.717, 1.165) is 61.3 Å². The molecule has 4 heterocycles. The first-order valence-corrected chi connectivity index (χ1v) is 11.2. The molecule has 0 aliphatic carbocycles. The molecule has 30 heavy (non-hydrogen) atoms. The van der Waals surface area contributed by atoms with E-state index in [1.54, 1.807) is 12.4 Å². The number of hydrogen-bond acceptors (Lipinski definition) is 8. The molecule has 1 aliphatic heterocycles. The van der Waals surface area contributed by atoms with Crippen LogP contribution in [0.5, 0.6) is 0 Å². The molecule has 3 aromatic rings. The predicted octanol–water partition coefficient (Wildman–Crippen LogP) is 2.25. The van der Waals surface area contributed by atoms with Crippen LogP contribution in [0.3, 0.4) is 0 Å². The van der Waals surface area contributed by atoms with Crippen molar-refractivity contribution in [2.45, 2.75) is 63.0 Å². The molecule has 11 heteroatoms. The number of thioether (sulfide) groups is 1. The Morgan fingerprint density at radius 1 is 1.13 bits per heavy atom. The number of tetrazole rings is 1. The van der Waals surface area contributed by atoms with Crippen molar-refractivity contribution in [2.24, 2.45) is 0 Å². The van der Waals surface area contributed by atoms with Crippen LogP contribution in [-0.2, 0) is 23.6 Å². The molecule has 0 saturated carbocycles. The Morgan fingerprint density at radius 3 is 2.90 bits per heavy atom. The third-order valence-electron chi connectivity index (χ3n) is 4.98. The number of aromatic nitrogens is 8. The summed E-state index contributed by atoms with van der Waals surface area (Å²) in [5, 5.41) is 21.5.